The zero-order valence-electron chi connectivity index (χ0n) is 20.4. The second-order valence-electron chi connectivity index (χ2n) is 8.39. The molecule has 0 spiro atoms. The van der Waals surface area contributed by atoms with Gasteiger partial charge in [0, 0.05) is 43.3 Å². The lowest BCUT2D eigenvalue weighted by atomic mass is 10.1. The second-order valence-corrected chi connectivity index (χ2v) is 8.39. The molecule has 1 atom stereocenters. The number of amides is 4. The number of Topliss-reactive ketones (excluding diaryl/α,β-unsaturated/α-hetero) is 1. The number of aromatic amines is 1. The number of aliphatic hydroxyl groups is 1. The smallest absolute Gasteiger partial charge is 0.295 e. The summed E-state index contributed by atoms with van der Waals surface area (Å²) in [6, 6.07) is 13.6. The van der Waals surface area contributed by atoms with Crippen molar-refractivity contribution in [3.05, 3.63) is 65.9 Å². The Labute approximate surface area is 218 Å². The largest absolute Gasteiger partial charge is 0.383 e. The van der Waals surface area contributed by atoms with Gasteiger partial charge < -0.3 is 30.9 Å². The zero-order valence-corrected chi connectivity index (χ0v) is 20.4. The van der Waals surface area contributed by atoms with Crippen LogP contribution in [0, 0.1) is 12.8 Å². The van der Waals surface area contributed by atoms with Crippen molar-refractivity contribution in [3.8, 4) is 12.8 Å². The normalized spacial score (nSPS) is 13.7. The molecule has 2 heterocycles. The summed E-state index contributed by atoms with van der Waals surface area (Å²) in [5.74, 6) is -3.19. The number of H-pyrrole nitrogens is 1. The van der Waals surface area contributed by atoms with E-state index in [0.717, 1.165) is 0 Å². The summed E-state index contributed by atoms with van der Waals surface area (Å²) in [6.07, 6.45) is 7.23. The van der Waals surface area contributed by atoms with E-state index in [1.54, 1.807) is 47.4 Å². The van der Waals surface area contributed by atoms with Gasteiger partial charge in [-0.2, -0.15) is 0 Å². The van der Waals surface area contributed by atoms with Crippen LogP contribution in [0.1, 0.15) is 27.1 Å². The van der Waals surface area contributed by atoms with Crippen molar-refractivity contribution in [1.82, 2.24) is 14.8 Å². The first-order chi connectivity index (χ1) is 18.3. The van der Waals surface area contributed by atoms with E-state index in [1.165, 1.54) is 11.1 Å². The Hall–Kier alpha value is -4.95. The monoisotopic (exact) mass is 517 g/mol. The molecule has 11 heteroatoms. The van der Waals surface area contributed by atoms with Gasteiger partial charge in [0.05, 0.1) is 23.2 Å². The minimum absolute atomic E-state index is 0.124. The Balaban J connectivity index is 0.00000195. The highest BCUT2D eigenvalue weighted by Crippen LogP contribution is 2.26. The van der Waals surface area contributed by atoms with Gasteiger partial charge in [-0.05, 0) is 18.2 Å². The number of aliphatic hydroxyl groups excluding tert-OH is 1. The average Bonchev–Trinajstić information content (AvgIpc) is 3.38. The van der Waals surface area contributed by atoms with E-state index in [1.807, 2.05) is 6.07 Å². The average molecular weight is 518 g/mol. The van der Waals surface area contributed by atoms with Gasteiger partial charge in [-0.3, -0.25) is 24.0 Å². The molecule has 1 aliphatic rings. The quantitative estimate of drug-likeness (QED) is 0.205. The highest BCUT2D eigenvalue weighted by molar-refractivity contribution is 6.45. The SMILES string of the molecule is C#C.NC(=O)CC(O)C(=O)Nc1cccc2c(C(=O)C(=O)N3CCN(C(=O)c4ccccc4)CC3)c[nH]c12. The molecule has 1 aromatic heterocycles. The molecule has 0 saturated carbocycles. The molecule has 1 aliphatic heterocycles. The van der Waals surface area contributed by atoms with Gasteiger partial charge in [0.1, 0.15) is 6.10 Å². The van der Waals surface area contributed by atoms with Crippen LogP contribution in [0.25, 0.3) is 10.9 Å². The van der Waals surface area contributed by atoms with Crippen molar-refractivity contribution < 1.29 is 29.1 Å². The molecule has 2 aromatic carbocycles. The first-order valence-electron chi connectivity index (χ1n) is 11.6. The molecule has 196 valence electrons. The number of anilines is 1. The number of piperazine rings is 1. The number of nitrogens with two attached hydrogens (primary N) is 1. The number of ketones is 1. The van der Waals surface area contributed by atoms with E-state index in [-0.39, 0.29) is 30.2 Å². The lowest BCUT2D eigenvalue weighted by Gasteiger charge is -2.34. The number of terminal acetylenes is 1. The lowest BCUT2D eigenvalue weighted by molar-refractivity contribution is -0.129. The van der Waals surface area contributed by atoms with Crippen LogP contribution in [0.2, 0.25) is 0 Å². The number of carbonyl (C=O) groups is 5. The number of fused-ring (bicyclic) bond motifs is 1. The molecule has 1 fully saturated rings. The summed E-state index contributed by atoms with van der Waals surface area (Å²) in [5.41, 5.74) is 6.36. The molecule has 0 bridgehead atoms. The highest BCUT2D eigenvalue weighted by Gasteiger charge is 2.30. The zero-order chi connectivity index (χ0) is 27.8. The number of carbonyl (C=O) groups excluding carboxylic acids is 5. The third-order valence-corrected chi connectivity index (χ3v) is 5.98. The fourth-order valence-corrected chi connectivity index (χ4v) is 4.08. The maximum atomic E-state index is 13.0. The molecular formula is C27H27N5O6. The molecule has 4 amide bonds. The van der Waals surface area contributed by atoms with Crippen LogP contribution in [0.15, 0.2) is 54.7 Å². The Morgan fingerprint density at radius 3 is 2.21 bits per heavy atom. The number of primary amides is 1. The van der Waals surface area contributed by atoms with E-state index in [9.17, 15) is 29.1 Å². The fraction of sp³-hybridized carbons (Fsp3) is 0.222. The minimum atomic E-state index is -1.62. The van der Waals surface area contributed by atoms with E-state index in [4.69, 9.17) is 5.73 Å². The van der Waals surface area contributed by atoms with Gasteiger partial charge in [-0.15, -0.1) is 12.8 Å². The molecular weight excluding hydrogens is 490 g/mol. The van der Waals surface area contributed by atoms with Crippen LogP contribution in [-0.4, -0.2) is 81.6 Å². The van der Waals surface area contributed by atoms with Crippen LogP contribution in [0.4, 0.5) is 5.69 Å². The van der Waals surface area contributed by atoms with Crippen LogP contribution in [-0.2, 0) is 14.4 Å². The number of rotatable bonds is 7. The predicted molar refractivity (Wildman–Crippen MR) is 140 cm³/mol. The first kappa shape index (κ1) is 27.6. The Morgan fingerprint density at radius 2 is 1.58 bits per heavy atom. The van der Waals surface area contributed by atoms with Crippen molar-refractivity contribution in [3.63, 3.8) is 0 Å². The van der Waals surface area contributed by atoms with Crippen LogP contribution < -0.4 is 11.1 Å². The Bertz CT molecular complexity index is 1370. The molecule has 11 nitrogen and oxygen atoms in total. The third-order valence-electron chi connectivity index (χ3n) is 5.98. The second kappa shape index (κ2) is 12.3. The van der Waals surface area contributed by atoms with Gasteiger partial charge >= 0.3 is 0 Å². The molecule has 0 aliphatic carbocycles. The topological polar surface area (TPSA) is 166 Å². The first-order valence-corrected chi connectivity index (χ1v) is 11.6. The summed E-state index contributed by atoms with van der Waals surface area (Å²) in [7, 11) is 0. The van der Waals surface area contributed by atoms with Gasteiger partial charge in [-0.1, -0.05) is 30.3 Å². The number of benzene rings is 2. The van der Waals surface area contributed by atoms with E-state index < -0.39 is 36.0 Å². The van der Waals surface area contributed by atoms with Crippen molar-refractivity contribution >= 4 is 46.0 Å². The van der Waals surface area contributed by atoms with E-state index in [0.29, 0.717) is 29.6 Å². The summed E-state index contributed by atoms with van der Waals surface area (Å²) in [4.78, 5) is 67.7. The number of hydrogen-bond donors (Lipinski definition) is 4. The molecule has 1 saturated heterocycles. The minimum Gasteiger partial charge on any atom is -0.383 e. The van der Waals surface area contributed by atoms with Crippen molar-refractivity contribution in [1.29, 1.82) is 0 Å². The molecule has 5 N–H and O–H groups in total. The van der Waals surface area contributed by atoms with Crippen molar-refractivity contribution in [2.45, 2.75) is 12.5 Å². The number of nitrogens with one attached hydrogen (secondary N) is 2. The van der Waals surface area contributed by atoms with Gasteiger partial charge in [-0.25, -0.2) is 0 Å². The van der Waals surface area contributed by atoms with Gasteiger partial charge in [0.2, 0.25) is 5.91 Å². The lowest BCUT2D eigenvalue weighted by Crippen LogP contribution is -2.52. The van der Waals surface area contributed by atoms with Gasteiger partial charge in [0.25, 0.3) is 23.5 Å². The fourth-order valence-electron chi connectivity index (χ4n) is 4.08. The number of nitrogens with zero attached hydrogens (tertiary/aromatic N) is 2. The van der Waals surface area contributed by atoms with Crippen molar-refractivity contribution in [2.75, 3.05) is 31.5 Å². The van der Waals surface area contributed by atoms with Crippen LogP contribution in [0.5, 0.6) is 0 Å². The summed E-state index contributed by atoms with van der Waals surface area (Å²) in [6.45, 7) is 1.07. The molecule has 1 unspecified atom stereocenters. The molecule has 3 aromatic rings. The molecule has 38 heavy (non-hydrogen) atoms. The summed E-state index contributed by atoms with van der Waals surface area (Å²) in [5, 5.41) is 12.7. The van der Waals surface area contributed by atoms with E-state index >= 15 is 0 Å². The Kier molecular flexibility index (Phi) is 8.97. The number of aromatic nitrogens is 1. The Morgan fingerprint density at radius 1 is 0.947 bits per heavy atom. The highest BCUT2D eigenvalue weighted by atomic mass is 16.3. The van der Waals surface area contributed by atoms with Crippen LogP contribution in [0.3, 0.4) is 0 Å². The molecule has 4 rings (SSSR count). The van der Waals surface area contributed by atoms with Crippen molar-refractivity contribution in [2.24, 2.45) is 5.73 Å². The van der Waals surface area contributed by atoms with Gasteiger partial charge in [0.15, 0.2) is 0 Å². The maximum Gasteiger partial charge on any atom is 0.295 e. The molecule has 0 radical (unpaired) electrons. The third kappa shape index (κ3) is 6.05. The summed E-state index contributed by atoms with van der Waals surface area (Å²) >= 11 is 0. The standard InChI is InChI=1S/C25H25N5O6.C2H2/c26-20(32)13-19(31)23(34)28-18-8-4-7-16-17(14-27-21(16)18)22(33)25(36)30-11-9-29(10-12-30)24(35)15-5-2-1-3-6-15;1-2/h1-8,14,19,27,31H,9-13H2,(H2,26,32)(H,28,34);1-2H. The van der Waals surface area contributed by atoms with Crippen LogP contribution >= 0.6 is 0 Å². The van der Waals surface area contributed by atoms with E-state index in [2.05, 4.69) is 23.1 Å². The predicted octanol–water partition coefficient (Wildman–Crippen LogP) is 0.759. The summed E-state index contributed by atoms with van der Waals surface area (Å²) < 4.78 is 0. The number of para-hydroxylation sites is 1. The number of hydrogen-bond acceptors (Lipinski definition) is 6. The maximum absolute atomic E-state index is 13.0.